The van der Waals surface area contributed by atoms with E-state index in [0.29, 0.717) is 17.2 Å². The number of furan rings is 1. The summed E-state index contributed by atoms with van der Waals surface area (Å²) in [7, 11) is 0. The summed E-state index contributed by atoms with van der Waals surface area (Å²) in [6, 6.07) is 1.72. The lowest BCUT2D eigenvalue weighted by Crippen LogP contribution is -2.29. The maximum absolute atomic E-state index is 11.8. The second-order valence-corrected chi connectivity index (χ2v) is 4.52. The molecule has 0 aliphatic carbocycles. The molecule has 0 fully saturated rings. The zero-order valence-corrected chi connectivity index (χ0v) is 11.1. The maximum Gasteiger partial charge on any atom is 0.254 e. The van der Waals surface area contributed by atoms with Gasteiger partial charge in [0.05, 0.1) is 11.8 Å². The molecular formula is C14H23NO2. The molecule has 3 nitrogen and oxygen atoms in total. The Labute approximate surface area is 104 Å². The third-order valence-electron chi connectivity index (χ3n) is 3.20. The van der Waals surface area contributed by atoms with Crippen molar-refractivity contribution in [3.05, 3.63) is 23.7 Å². The van der Waals surface area contributed by atoms with E-state index in [2.05, 4.69) is 19.2 Å². The first-order valence-electron chi connectivity index (χ1n) is 6.51. The number of aryl methyl sites for hydroxylation is 1. The fourth-order valence-electron chi connectivity index (χ4n) is 1.90. The summed E-state index contributed by atoms with van der Waals surface area (Å²) in [5.74, 6) is 1.25. The molecule has 1 aromatic rings. The molecule has 1 rings (SSSR count). The highest BCUT2D eigenvalue weighted by Gasteiger charge is 2.13. The van der Waals surface area contributed by atoms with E-state index >= 15 is 0 Å². The maximum atomic E-state index is 11.8. The van der Waals surface area contributed by atoms with Gasteiger partial charge in [-0.3, -0.25) is 4.79 Å². The van der Waals surface area contributed by atoms with Crippen LogP contribution in [-0.4, -0.2) is 12.5 Å². The highest BCUT2D eigenvalue weighted by molar-refractivity contribution is 5.94. The minimum Gasteiger partial charge on any atom is -0.469 e. The van der Waals surface area contributed by atoms with Gasteiger partial charge in [0, 0.05) is 6.54 Å². The van der Waals surface area contributed by atoms with Crippen molar-refractivity contribution in [2.24, 2.45) is 5.92 Å². The lowest BCUT2D eigenvalue weighted by molar-refractivity contribution is 0.0944. The fraction of sp³-hybridized carbons (Fsp3) is 0.643. The second-order valence-electron chi connectivity index (χ2n) is 4.52. The largest absolute Gasteiger partial charge is 0.469 e. The van der Waals surface area contributed by atoms with Crippen LogP contribution in [0.4, 0.5) is 0 Å². The Balaban J connectivity index is 2.39. The van der Waals surface area contributed by atoms with Crippen molar-refractivity contribution in [3.63, 3.8) is 0 Å². The van der Waals surface area contributed by atoms with Gasteiger partial charge in [0.1, 0.15) is 5.76 Å². The van der Waals surface area contributed by atoms with E-state index in [1.807, 2.05) is 6.92 Å². The summed E-state index contributed by atoms with van der Waals surface area (Å²) in [5, 5.41) is 2.99. The average molecular weight is 237 g/mol. The Morgan fingerprint density at radius 1 is 1.47 bits per heavy atom. The van der Waals surface area contributed by atoms with Crippen molar-refractivity contribution in [2.45, 2.75) is 46.5 Å². The Morgan fingerprint density at radius 2 is 2.24 bits per heavy atom. The number of nitrogens with one attached hydrogen (secondary N) is 1. The quantitative estimate of drug-likeness (QED) is 0.788. The number of carbonyl (C=O) groups excluding carboxylic acids is 1. The predicted octanol–water partition coefficient (Wildman–Crippen LogP) is 3.53. The Morgan fingerprint density at radius 3 is 2.76 bits per heavy atom. The standard InChI is InChI=1S/C14H23NO2/c1-4-6-7-12(5-2)10-15-14(16)13-8-9-17-11(13)3/h8-9,12H,4-7,10H2,1-3H3,(H,15,16)/t12-/m1/s1. The highest BCUT2D eigenvalue weighted by atomic mass is 16.3. The molecule has 0 aromatic carbocycles. The van der Waals surface area contributed by atoms with Crippen LogP contribution in [0.1, 0.15) is 55.6 Å². The van der Waals surface area contributed by atoms with Crippen molar-refractivity contribution in [3.8, 4) is 0 Å². The molecule has 1 aromatic heterocycles. The van der Waals surface area contributed by atoms with Gasteiger partial charge in [0.15, 0.2) is 0 Å². The summed E-state index contributed by atoms with van der Waals surface area (Å²) in [4.78, 5) is 11.8. The Bertz CT molecular complexity index is 344. The third kappa shape index (κ3) is 4.25. The zero-order valence-electron chi connectivity index (χ0n) is 11.1. The van der Waals surface area contributed by atoms with Crippen LogP contribution in [0.5, 0.6) is 0 Å². The van der Waals surface area contributed by atoms with Crippen molar-refractivity contribution < 1.29 is 9.21 Å². The second kappa shape index (κ2) is 7.15. The predicted molar refractivity (Wildman–Crippen MR) is 69.1 cm³/mol. The van der Waals surface area contributed by atoms with Gasteiger partial charge < -0.3 is 9.73 Å². The Kier molecular flexibility index (Phi) is 5.81. The van der Waals surface area contributed by atoms with Crippen LogP contribution in [0.3, 0.4) is 0 Å². The number of amides is 1. The normalized spacial score (nSPS) is 12.4. The number of rotatable bonds is 7. The lowest BCUT2D eigenvalue weighted by atomic mass is 9.99. The van der Waals surface area contributed by atoms with Crippen molar-refractivity contribution in [1.82, 2.24) is 5.32 Å². The molecule has 1 N–H and O–H groups in total. The summed E-state index contributed by atoms with van der Waals surface area (Å²) >= 11 is 0. The first-order valence-corrected chi connectivity index (χ1v) is 6.51. The molecule has 0 bridgehead atoms. The highest BCUT2D eigenvalue weighted by Crippen LogP contribution is 2.12. The SMILES string of the molecule is CCCC[C@@H](CC)CNC(=O)c1ccoc1C. The van der Waals surface area contributed by atoms with Crippen LogP contribution < -0.4 is 5.32 Å². The molecule has 3 heteroatoms. The van der Waals surface area contributed by atoms with Gasteiger partial charge in [-0.2, -0.15) is 0 Å². The van der Waals surface area contributed by atoms with Gasteiger partial charge in [0.2, 0.25) is 0 Å². The molecule has 0 unspecified atom stereocenters. The van der Waals surface area contributed by atoms with E-state index in [-0.39, 0.29) is 5.91 Å². The van der Waals surface area contributed by atoms with E-state index < -0.39 is 0 Å². The average Bonchev–Trinajstić information content (AvgIpc) is 2.75. The first kappa shape index (κ1) is 13.8. The summed E-state index contributed by atoms with van der Waals surface area (Å²) < 4.78 is 5.12. The minimum absolute atomic E-state index is 0.0220. The van der Waals surface area contributed by atoms with Gasteiger partial charge in [0.25, 0.3) is 5.91 Å². The third-order valence-corrected chi connectivity index (χ3v) is 3.20. The smallest absolute Gasteiger partial charge is 0.254 e. The molecular weight excluding hydrogens is 214 g/mol. The van der Waals surface area contributed by atoms with Gasteiger partial charge >= 0.3 is 0 Å². The fourth-order valence-corrected chi connectivity index (χ4v) is 1.90. The van der Waals surface area contributed by atoms with Gasteiger partial charge in [-0.1, -0.05) is 33.1 Å². The van der Waals surface area contributed by atoms with Crippen LogP contribution in [0, 0.1) is 12.8 Å². The lowest BCUT2D eigenvalue weighted by Gasteiger charge is -2.14. The molecule has 0 aliphatic rings. The summed E-state index contributed by atoms with van der Waals surface area (Å²) in [6.07, 6.45) is 6.31. The topological polar surface area (TPSA) is 42.2 Å². The summed E-state index contributed by atoms with van der Waals surface area (Å²) in [5.41, 5.74) is 0.648. The molecule has 1 heterocycles. The van der Waals surface area contributed by atoms with Crippen molar-refractivity contribution in [2.75, 3.05) is 6.54 Å². The number of hydrogen-bond acceptors (Lipinski definition) is 2. The first-order chi connectivity index (χ1) is 8.19. The van der Waals surface area contributed by atoms with Crippen LogP contribution >= 0.6 is 0 Å². The van der Waals surface area contributed by atoms with E-state index in [1.54, 1.807) is 12.3 Å². The molecule has 0 saturated carbocycles. The van der Waals surface area contributed by atoms with Crippen LogP contribution in [-0.2, 0) is 0 Å². The number of hydrogen-bond donors (Lipinski definition) is 1. The van der Waals surface area contributed by atoms with E-state index in [4.69, 9.17) is 4.42 Å². The van der Waals surface area contributed by atoms with E-state index in [0.717, 1.165) is 13.0 Å². The van der Waals surface area contributed by atoms with Gasteiger partial charge in [-0.05, 0) is 25.3 Å². The number of unbranched alkanes of at least 4 members (excludes halogenated alkanes) is 1. The molecule has 1 amide bonds. The molecule has 0 aliphatic heterocycles. The van der Waals surface area contributed by atoms with Gasteiger partial charge in [-0.15, -0.1) is 0 Å². The minimum atomic E-state index is -0.0220. The number of carbonyl (C=O) groups is 1. The Hall–Kier alpha value is -1.25. The van der Waals surface area contributed by atoms with Crippen molar-refractivity contribution in [1.29, 1.82) is 0 Å². The molecule has 17 heavy (non-hydrogen) atoms. The molecule has 1 atom stereocenters. The monoisotopic (exact) mass is 237 g/mol. The molecule has 0 saturated heterocycles. The van der Waals surface area contributed by atoms with E-state index in [9.17, 15) is 4.79 Å². The van der Waals surface area contributed by atoms with E-state index in [1.165, 1.54) is 19.3 Å². The van der Waals surface area contributed by atoms with Gasteiger partial charge in [-0.25, -0.2) is 0 Å². The van der Waals surface area contributed by atoms with Crippen LogP contribution in [0.2, 0.25) is 0 Å². The molecule has 96 valence electrons. The summed E-state index contributed by atoms with van der Waals surface area (Å²) in [6.45, 7) is 6.94. The molecule has 0 radical (unpaired) electrons. The van der Waals surface area contributed by atoms with Crippen LogP contribution in [0.25, 0.3) is 0 Å². The molecule has 0 spiro atoms. The zero-order chi connectivity index (χ0) is 12.7. The van der Waals surface area contributed by atoms with Crippen molar-refractivity contribution >= 4 is 5.91 Å². The van der Waals surface area contributed by atoms with Crippen LogP contribution in [0.15, 0.2) is 16.7 Å².